The van der Waals surface area contributed by atoms with Gasteiger partial charge in [0.25, 0.3) is 0 Å². The number of rotatable bonds is 15. The Hall–Kier alpha value is 0.532. The summed E-state index contributed by atoms with van der Waals surface area (Å²) >= 11 is 2.97. The number of unbranched alkanes of at least 4 members (excludes halogenated alkanes) is 10. The molecule has 0 aromatic rings. The van der Waals surface area contributed by atoms with Crippen LogP contribution in [0.25, 0.3) is 0 Å². The van der Waals surface area contributed by atoms with Crippen molar-refractivity contribution < 1.29 is 0 Å². The van der Waals surface area contributed by atoms with E-state index in [4.69, 9.17) is 0 Å². The van der Waals surface area contributed by atoms with Crippen molar-refractivity contribution in [3.8, 4) is 0 Å². The molecular formula is C18H37Al+2. The molecule has 0 spiro atoms. The van der Waals surface area contributed by atoms with Gasteiger partial charge in [-0.25, -0.2) is 0 Å². The van der Waals surface area contributed by atoms with E-state index in [1.807, 2.05) is 0 Å². The van der Waals surface area contributed by atoms with Gasteiger partial charge in [-0.05, 0) is 0 Å². The van der Waals surface area contributed by atoms with Gasteiger partial charge < -0.3 is 0 Å². The van der Waals surface area contributed by atoms with E-state index in [0.29, 0.717) is 0 Å². The standard InChI is InChI=1S/C18H37.Al/c1-4-6-8-10-11-13-15-17-18(3)16-14-12-9-7-5-2;/h18H,3-17H2,1-2H3;/q;+2. The normalized spacial score (nSPS) is 12.8. The fraction of sp³-hybridized carbons (Fsp3) is 1.00. The van der Waals surface area contributed by atoms with Crippen molar-refractivity contribution in [3.63, 3.8) is 0 Å². The molecule has 0 N–H and O–H groups in total. The van der Waals surface area contributed by atoms with Gasteiger partial charge in [-0.2, -0.15) is 0 Å². The maximum atomic E-state index is 2.97. The Morgan fingerprint density at radius 1 is 0.579 bits per heavy atom. The van der Waals surface area contributed by atoms with Crippen LogP contribution in [-0.2, 0) is 0 Å². The van der Waals surface area contributed by atoms with Crippen molar-refractivity contribution in [2.45, 2.75) is 109 Å². The molecule has 0 heterocycles. The zero-order chi connectivity index (χ0) is 14.2. The Balaban J connectivity index is 3.29. The van der Waals surface area contributed by atoms with E-state index >= 15 is 0 Å². The Bertz CT molecular complexity index is 156. The van der Waals surface area contributed by atoms with Crippen LogP contribution in [0.5, 0.6) is 0 Å². The van der Waals surface area contributed by atoms with Crippen molar-refractivity contribution in [2.24, 2.45) is 5.92 Å². The quantitative estimate of drug-likeness (QED) is 0.231. The molecule has 110 valence electrons. The van der Waals surface area contributed by atoms with E-state index in [-0.39, 0.29) is 0 Å². The van der Waals surface area contributed by atoms with Gasteiger partial charge in [0.1, 0.15) is 0 Å². The molecule has 0 aliphatic carbocycles. The molecule has 0 fully saturated rings. The first-order chi connectivity index (χ1) is 9.35. The van der Waals surface area contributed by atoms with Gasteiger partial charge in [-0.3, -0.25) is 0 Å². The summed E-state index contributed by atoms with van der Waals surface area (Å²) in [4.78, 5) is 0. The fourth-order valence-corrected chi connectivity index (χ4v) is 3.28. The second kappa shape index (κ2) is 16.6. The van der Waals surface area contributed by atoms with Crippen LogP contribution >= 0.6 is 0 Å². The van der Waals surface area contributed by atoms with Crippen molar-refractivity contribution in [1.82, 2.24) is 0 Å². The first-order valence-electron chi connectivity index (χ1n) is 9.05. The molecule has 0 aromatic heterocycles. The van der Waals surface area contributed by atoms with E-state index in [1.54, 1.807) is 0 Å². The molecule has 0 aliphatic heterocycles. The predicted octanol–water partition coefficient (Wildman–Crippen LogP) is 6.69. The summed E-state index contributed by atoms with van der Waals surface area (Å²) in [5.74, 6) is 0.988. The van der Waals surface area contributed by atoms with Gasteiger partial charge in [0.15, 0.2) is 0 Å². The molecule has 0 nitrogen and oxygen atoms in total. The monoisotopic (exact) mass is 280 g/mol. The van der Waals surface area contributed by atoms with E-state index < -0.39 is 0 Å². The van der Waals surface area contributed by atoms with Crippen LogP contribution in [0.1, 0.15) is 104 Å². The molecule has 0 rings (SSSR count). The minimum absolute atomic E-state index is 0.988. The number of hydrogen-bond donors (Lipinski definition) is 0. The average molecular weight is 280 g/mol. The molecule has 0 radical (unpaired) electrons. The van der Waals surface area contributed by atoms with Crippen molar-refractivity contribution >= 4 is 16.3 Å². The van der Waals surface area contributed by atoms with Gasteiger partial charge in [0, 0.05) is 0 Å². The third-order valence-corrected chi connectivity index (χ3v) is 4.93. The summed E-state index contributed by atoms with van der Waals surface area (Å²) in [5, 5.41) is 1.32. The Labute approximate surface area is 131 Å². The van der Waals surface area contributed by atoms with Crippen molar-refractivity contribution in [2.75, 3.05) is 0 Å². The molecule has 0 saturated heterocycles. The van der Waals surface area contributed by atoms with Gasteiger partial charge in [-0.1, -0.05) is 0 Å². The van der Waals surface area contributed by atoms with E-state index in [9.17, 15) is 0 Å². The Kier molecular flexibility index (Phi) is 17.1. The zero-order valence-corrected chi connectivity index (χ0v) is 14.9. The average Bonchev–Trinajstić information content (AvgIpc) is 2.44. The fourth-order valence-electron chi connectivity index (χ4n) is 2.81. The van der Waals surface area contributed by atoms with Gasteiger partial charge >= 0.3 is 131 Å². The first kappa shape index (κ1) is 19.5. The summed E-state index contributed by atoms with van der Waals surface area (Å²) in [6.07, 6.45) is 20.3. The van der Waals surface area contributed by atoms with Crippen LogP contribution < -0.4 is 0 Å². The molecule has 1 unspecified atom stereocenters. The van der Waals surface area contributed by atoms with E-state index in [1.165, 1.54) is 95.2 Å². The first-order valence-corrected chi connectivity index (χ1v) is 9.86. The summed E-state index contributed by atoms with van der Waals surface area (Å²) in [6.45, 7) is 4.59. The van der Waals surface area contributed by atoms with Crippen LogP contribution in [0.2, 0.25) is 5.28 Å². The van der Waals surface area contributed by atoms with Crippen molar-refractivity contribution in [3.05, 3.63) is 0 Å². The summed E-state index contributed by atoms with van der Waals surface area (Å²) in [7, 11) is 0. The molecule has 0 aromatic carbocycles. The maximum absolute atomic E-state index is 2.97. The van der Waals surface area contributed by atoms with Gasteiger partial charge in [-0.15, -0.1) is 0 Å². The summed E-state index contributed by atoms with van der Waals surface area (Å²) in [6, 6.07) is 0. The van der Waals surface area contributed by atoms with Gasteiger partial charge in [0.05, 0.1) is 0 Å². The van der Waals surface area contributed by atoms with Crippen LogP contribution in [-0.4, -0.2) is 16.3 Å². The molecular weight excluding hydrogens is 243 g/mol. The van der Waals surface area contributed by atoms with Crippen LogP contribution in [0.3, 0.4) is 0 Å². The van der Waals surface area contributed by atoms with E-state index in [2.05, 4.69) is 30.1 Å². The van der Waals surface area contributed by atoms with Crippen molar-refractivity contribution in [1.29, 1.82) is 0 Å². The van der Waals surface area contributed by atoms with Gasteiger partial charge in [0.2, 0.25) is 0 Å². The molecule has 0 bridgehead atoms. The Morgan fingerprint density at radius 3 is 1.32 bits per heavy atom. The molecule has 19 heavy (non-hydrogen) atoms. The topological polar surface area (TPSA) is 0 Å². The molecule has 0 amide bonds. The third kappa shape index (κ3) is 14.7. The molecule has 1 heteroatoms. The zero-order valence-electron chi connectivity index (χ0n) is 13.8. The summed E-state index contributed by atoms with van der Waals surface area (Å²) < 4.78 is 0. The molecule has 1 atom stereocenters. The molecule has 0 saturated carbocycles. The van der Waals surface area contributed by atoms with Crippen LogP contribution in [0, 0.1) is 5.92 Å². The van der Waals surface area contributed by atoms with Crippen LogP contribution in [0.15, 0.2) is 0 Å². The summed E-state index contributed by atoms with van der Waals surface area (Å²) in [5.41, 5.74) is 0. The second-order valence-electron chi connectivity index (χ2n) is 6.21. The van der Waals surface area contributed by atoms with Crippen LogP contribution in [0.4, 0.5) is 0 Å². The van der Waals surface area contributed by atoms with E-state index in [0.717, 1.165) is 5.92 Å². The Morgan fingerprint density at radius 2 is 0.947 bits per heavy atom. The third-order valence-electron chi connectivity index (χ3n) is 4.27. The number of hydrogen-bond acceptors (Lipinski definition) is 0. The minimum atomic E-state index is 0.988. The SMILES string of the molecule is CCCCCCCCCC([CH2][Al+2])CCCCCCC. The molecule has 0 aliphatic rings. The second-order valence-corrected chi connectivity index (χ2v) is 6.69. The predicted molar refractivity (Wildman–Crippen MR) is 90.0 cm³/mol.